The SMILES string of the molecule is Cc1ccc(S(=O)(=O)C#CCC(CCOCc2ccccc2)OCc2ccccc2)cc1. The van der Waals surface area contributed by atoms with Crippen LogP contribution in [0.4, 0.5) is 0 Å². The molecule has 0 fully saturated rings. The Hall–Kier alpha value is -2.91. The van der Waals surface area contributed by atoms with E-state index in [2.05, 4.69) is 11.2 Å². The molecule has 5 heteroatoms. The van der Waals surface area contributed by atoms with Gasteiger partial charge in [0.25, 0.3) is 0 Å². The highest BCUT2D eigenvalue weighted by Gasteiger charge is 2.12. The van der Waals surface area contributed by atoms with Gasteiger partial charge in [-0.25, -0.2) is 8.42 Å². The van der Waals surface area contributed by atoms with Crippen molar-refractivity contribution in [2.45, 2.75) is 44.0 Å². The van der Waals surface area contributed by atoms with Gasteiger partial charge in [-0.15, -0.1) is 0 Å². The summed E-state index contributed by atoms with van der Waals surface area (Å²) in [6, 6.07) is 26.6. The van der Waals surface area contributed by atoms with E-state index >= 15 is 0 Å². The number of sulfone groups is 1. The fourth-order valence-electron chi connectivity index (χ4n) is 3.04. The average Bonchev–Trinajstić information content (AvgIpc) is 2.81. The molecule has 3 rings (SSSR count). The van der Waals surface area contributed by atoms with Crippen molar-refractivity contribution < 1.29 is 17.9 Å². The van der Waals surface area contributed by atoms with Crippen LogP contribution < -0.4 is 0 Å². The summed E-state index contributed by atoms with van der Waals surface area (Å²) in [7, 11) is -3.65. The predicted molar refractivity (Wildman–Crippen MR) is 126 cm³/mol. The molecule has 4 nitrogen and oxygen atoms in total. The highest BCUT2D eigenvalue weighted by Crippen LogP contribution is 2.13. The molecule has 3 aromatic rings. The van der Waals surface area contributed by atoms with Gasteiger partial charge in [-0.2, -0.15) is 0 Å². The Morgan fingerprint density at radius 2 is 1.41 bits per heavy atom. The van der Waals surface area contributed by atoms with Crippen LogP contribution in [0.3, 0.4) is 0 Å². The minimum atomic E-state index is -3.65. The molecule has 0 aromatic heterocycles. The lowest BCUT2D eigenvalue weighted by Gasteiger charge is -2.16. The van der Waals surface area contributed by atoms with Crippen LogP contribution in [0.2, 0.25) is 0 Å². The lowest BCUT2D eigenvalue weighted by atomic mass is 10.2. The fourth-order valence-corrected chi connectivity index (χ4v) is 3.92. The normalized spacial score (nSPS) is 12.0. The zero-order valence-electron chi connectivity index (χ0n) is 18.2. The van der Waals surface area contributed by atoms with Crippen molar-refractivity contribution in [1.82, 2.24) is 0 Å². The summed E-state index contributed by atoms with van der Waals surface area (Å²) in [4.78, 5) is 0.212. The zero-order chi connectivity index (χ0) is 22.7. The van der Waals surface area contributed by atoms with Crippen LogP contribution in [0, 0.1) is 18.1 Å². The van der Waals surface area contributed by atoms with Gasteiger partial charge in [0.15, 0.2) is 0 Å². The van der Waals surface area contributed by atoms with Crippen molar-refractivity contribution in [1.29, 1.82) is 0 Å². The molecule has 0 aliphatic heterocycles. The molecule has 0 spiro atoms. The first-order valence-electron chi connectivity index (χ1n) is 10.6. The largest absolute Gasteiger partial charge is 0.377 e. The molecule has 0 bridgehead atoms. The first-order chi connectivity index (χ1) is 15.5. The lowest BCUT2D eigenvalue weighted by Crippen LogP contribution is -2.15. The number of hydrogen-bond acceptors (Lipinski definition) is 4. The molecule has 32 heavy (non-hydrogen) atoms. The molecule has 0 saturated heterocycles. The van der Waals surface area contributed by atoms with Crippen LogP contribution in [0.1, 0.15) is 29.5 Å². The highest BCUT2D eigenvalue weighted by atomic mass is 32.2. The van der Waals surface area contributed by atoms with Gasteiger partial charge in [-0.05, 0) is 36.6 Å². The van der Waals surface area contributed by atoms with Crippen LogP contribution in [-0.4, -0.2) is 21.1 Å². The summed E-state index contributed by atoms with van der Waals surface area (Å²) in [5, 5.41) is 2.44. The third-order valence-corrected chi connectivity index (χ3v) is 6.20. The molecule has 0 aliphatic rings. The van der Waals surface area contributed by atoms with Crippen molar-refractivity contribution in [3.05, 3.63) is 102 Å². The standard InChI is InChI=1S/C27H28O4S/c1-23-14-16-27(17-15-23)32(28,29)20-8-13-26(31-22-25-11-6-3-7-12-25)18-19-30-21-24-9-4-2-5-10-24/h2-7,9-12,14-17,26H,13,18-19,21-22H2,1H3. The number of hydrogen-bond donors (Lipinski definition) is 0. The molecule has 0 N–H and O–H groups in total. The topological polar surface area (TPSA) is 52.6 Å². The van der Waals surface area contributed by atoms with Gasteiger partial charge in [0.1, 0.15) is 0 Å². The van der Waals surface area contributed by atoms with E-state index in [4.69, 9.17) is 9.47 Å². The van der Waals surface area contributed by atoms with Crippen LogP contribution >= 0.6 is 0 Å². The minimum absolute atomic E-state index is 0.212. The molecule has 0 saturated carbocycles. The Kier molecular flexibility index (Phi) is 9.06. The molecule has 3 aromatic carbocycles. The van der Waals surface area contributed by atoms with Crippen molar-refractivity contribution in [2.24, 2.45) is 0 Å². The van der Waals surface area contributed by atoms with Crippen molar-refractivity contribution in [2.75, 3.05) is 6.61 Å². The Bertz CT molecular complexity index is 1110. The van der Waals surface area contributed by atoms with Crippen LogP contribution in [0.5, 0.6) is 0 Å². The average molecular weight is 449 g/mol. The Morgan fingerprint density at radius 1 is 0.812 bits per heavy atom. The van der Waals surface area contributed by atoms with Crippen LogP contribution in [0.15, 0.2) is 89.8 Å². The molecular weight excluding hydrogens is 420 g/mol. The third kappa shape index (κ3) is 7.97. The second-order valence-electron chi connectivity index (χ2n) is 7.54. The minimum Gasteiger partial charge on any atom is -0.377 e. The van der Waals surface area contributed by atoms with Gasteiger partial charge in [0, 0.05) is 18.3 Å². The van der Waals surface area contributed by atoms with E-state index in [1.165, 1.54) is 0 Å². The van der Waals surface area contributed by atoms with Crippen LogP contribution in [-0.2, 0) is 32.5 Å². The number of rotatable bonds is 10. The Balaban J connectivity index is 1.58. The monoisotopic (exact) mass is 448 g/mol. The van der Waals surface area contributed by atoms with E-state index in [-0.39, 0.29) is 11.0 Å². The van der Waals surface area contributed by atoms with Crippen molar-refractivity contribution in [3.8, 4) is 11.2 Å². The molecule has 1 atom stereocenters. The molecule has 0 radical (unpaired) electrons. The lowest BCUT2D eigenvalue weighted by molar-refractivity contribution is 0.0116. The zero-order valence-corrected chi connectivity index (χ0v) is 19.1. The predicted octanol–water partition coefficient (Wildman–Crippen LogP) is 5.31. The quantitative estimate of drug-likeness (QED) is 0.240. The summed E-state index contributed by atoms with van der Waals surface area (Å²) in [6.07, 6.45) is 0.706. The van der Waals surface area contributed by atoms with Gasteiger partial charge in [0.2, 0.25) is 9.84 Å². The summed E-state index contributed by atoms with van der Waals surface area (Å²) >= 11 is 0. The van der Waals surface area contributed by atoms with Gasteiger partial charge in [0.05, 0.1) is 24.2 Å². The van der Waals surface area contributed by atoms with Gasteiger partial charge >= 0.3 is 0 Å². The van der Waals surface area contributed by atoms with E-state index in [1.807, 2.05) is 67.6 Å². The molecule has 1 unspecified atom stereocenters. The Morgan fingerprint density at radius 3 is 2.03 bits per heavy atom. The summed E-state index contributed by atoms with van der Waals surface area (Å²) in [5.74, 6) is 2.82. The highest BCUT2D eigenvalue weighted by molar-refractivity contribution is 7.96. The summed E-state index contributed by atoms with van der Waals surface area (Å²) in [5.41, 5.74) is 3.17. The van der Waals surface area contributed by atoms with E-state index in [0.29, 0.717) is 32.7 Å². The van der Waals surface area contributed by atoms with Crippen LogP contribution in [0.25, 0.3) is 0 Å². The summed E-state index contributed by atoms with van der Waals surface area (Å²) in [6.45, 7) is 3.38. The maximum atomic E-state index is 12.5. The van der Waals surface area contributed by atoms with Gasteiger partial charge < -0.3 is 9.47 Å². The number of ether oxygens (including phenoxy) is 2. The number of benzene rings is 3. The van der Waals surface area contributed by atoms with E-state index in [0.717, 1.165) is 16.7 Å². The van der Waals surface area contributed by atoms with E-state index in [9.17, 15) is 8.42 Å². The molecule has 0 heterocycles. The first kappa shape index (κ1) is 23.7. The molecule has 0 amide bonds. The van der Waals surface area contributed by atoms with Gasteiger partial charge in [-0.1, -0.05) is 84.3 Å². The third-order valence-electron chi connectivity index (χ3n) is 4.89. The molecular formula is C27H28O4S. The van der Waals surface area contributed by atoms with Crippen molar-refractivity contribution in [3.63, 3.8) is 0 Å². The van der Waals surface area contributed by atoms with E-state index in [1.54, 1.807) is 24.3 Å². The second-order valence-corrected chi connectivity index (χ2v) is 9.23. The molecule has 0 aliphatic carbocycles. The summed E-state index contributed by atoms with van der Waals surface area (Å²) < 4.78 is 36.8. The van der Waals surface area contributed by atoms with Crippen molar-refractivity contribution >= 4 is 9.84 Å². The maximum Gasteiger partial charge on any atom is 0.245 e. The molecule has 166 valence electrons. The maximum absolute atomic E-state index is 12.5. The fraction of sp³-hybridized carbons (Fsp3) is 0.259. The Labute approximate surface area is 191 Å². The van der Waals surface area contributed by atoms with Gasteiger partial charge in [-0.3, -0.25) is 0 Å². The number of aryl methyl sites for hydroxylation is 1. The van der Waals surface area contributed by atoms with E-state index < -0.39 is 9.84 Å². The first-order valence-corrected chi connectivity index (χ1v) is 12.1. The second kappa shape index (κ2) is 12.2. The smallest absolute Gasteiger partial charge is 0.245 e.